The van der Waals surface area contributed by atoms with Gasteiger partial charge in [0.2, 0.25) is 17.2 Å². The summed E-state index contributed by atoms with van der Waals surface area (Å²) >= 11 is 11.9. The second kappa shape index (κ2) is 6.72. The third-order valence-corrected chi connectivity index (χ3v) is 2.99. The molecule has 0 unspecified atom stereocenters. The molecule has 0 bridgehead atoms. The Morgan fingerprint density at radius 2 is 1.85 bits per heavy atom. The molecule has 0 aliphatic heterocycles. The van der Waals surface area contributed by atoms with Crippen molar-refractivity contribution in [2.45, 2.75) is 20.3 Å². The Morgan fingerprint density at radius 3 is 2.60 bits per heavy atom. The van der Waals surface area contributed by atoms with Crippen LogP contribution in [0.15, 0.2) is 18.2 Å². The van der Waals surface area contributed by atoms with Crippen LogP contribution in [0.4, 0.5) is 17.6 Å². The van der Waals surface area contributed by atoms with Gasteiger partial charge in [-0.2, -0.15) is 15.0 Å². The monoisotopic (exact) mass is 311 g/mol. The van der Waals surface area contributed by atoms with Gasteiger partial charge in [0.05, 0.1) is 0 Å². The van der Waals surface area contributed by atoms with E-state index in [1.165, 1.54) is 0 Å². The third kappa shape index (κ3) is 3.95. The van der Waals surface area contributed by atoms with Crippen LogP contribution in [0.25, 0.3) is 0 Å². The molecule has 5 nitrogen and oxygen atoms in total. The molecule has 1 aromatic carbocycles. The van der Waals surface area contributed by atoms with E-state index in [2.05, 4.69) is 32.5 Å². The molecule has 0 amide bonds. The van der Waals surface area contributed by atoms with Gasteiger partial charge in [-0.1, -0.05) is 24.6 Å². The topological polar surface area (TPSA) is 62.7 Å². The van der Waals surface area contributed by atoms with Crippen molar-refractivity contribution in [1.82, 2.24) is 15.0 Å². The fourth-order valence-corrected chi connectivity index (χ4v) is 1.90. The molecule has 0 radical (unpaired) electrons. The smallest absolute Gasteiger partial charge is 0.233 e. The van der Waals surface area contributed by atoms with E-state index in [1.807, 2.05) is 25.1 Å². The van der Waals surface area contributed by atoms with Crippen molar-refractivity contribution in [1.29, 1.82) is 0 Å². The number of rotatable bonds is 5. The maximum atomic E-state index is 5.98. The number of hydrogen-bond acceptors (Lipinski definition) is 5. The largest absolute Gasteiger partial charge is 0.354 e. The summed E-state index contributed by atoms with van der Waals surface area (Å²) in [5.74, 6) is 0.836. The summed E-state index contributed by atoms with van der Waals surface area (Å²) in [6.07, 6.45) is 0.972. The maximum Gasteiger partial charge on any atom is 0.233 e. The van der Waals surface area contributed by atoms with Gasteiger partial charge in [0.15, 0.2) is 0 Å². The summed E-state index contributed by atoms with van der Waals surface area (Å²) < 4.78 is 0. The van der Waals surface area contributed by atoms with Gasteiger partial charge in [-0.3, -0.25) is 0 Å². The van der Waals surface area contributed by atoms with E-state index in [1.54, 1.807) is 0 Å². The van der Waals surface area contributed by atoms with Gasteiger partial charge >= 0.3 is 0 Å². The Hall–Kier alpha value is -1.59. The Labute approximate surface area is 127 Å². The molecule has 0 fully saturated rings. The van der Waals surface area contributed by atoms with Gasteiger partial charge in [-0.25, -0.2) is 0 Å². The predicted octanol–water partition coefficient (Wildman–Crippen LogP) is 4.05. The van der Waals surface area contributed by atoms with Crippen LogP contribution in [0.2, 0.25) is 10.3 Å². The lowest BCUT2D eigenvalue weighted by atomic mass is 10.2. The average molecular weight is 312 g/mol. The number of halogens is 2. The number of nitrogens with one attached hydrogen (secondary N) is 2. The van der Waals surface area contributed by atoms with E-state index < -0.39 is 0 Å². The fourth-order valence-electron chi connectivity index (χ4n) is 1.57. The molecule has 7 heteroatoms. The molecule has 0 aliphatic carbocycles. The van der Waals surface area contributed by atoms with Crippen molar-refractivity contribution in [3.8, 4) is 0 Å². The zero-order chi connectivity index (χ0) is 14.5. The number of anilines is 3. The van der Waals surface area contributed by atoms with Crippen LogP contribution < -0.4 is 10.6 Å². The zero-order valence-electron chi connectivity index (χ0n) is 11.2. The van der Waals surface area contributed by atoms with E-state index in [9.17, 15) is 0 Å². The second-order valence-corrected chi connectivity index (χ2v) is 5.04. The van der Waals surface area contributed by atoms with Gasteiger partial charge in [-0.15, -0.1) is 0 Å². The third-order valence-electron chi connectivity index (χ3n) is 2.59. The van der Waals surface area contributed by atoms with Crippen molar-refractivity contribution in [3.63, 3.8) is 0 Å². The van der Waals surface area contributed by atoms with Crippen molar-refractivity contribution in [2.75, 3.05) is 17.2 Å². The van der Waals surface area contributed by atoms with E-state index in [0.29, 0.717) is 16.9 Å². The molecular weight excluding hydrogens is 297 g/mol. The molecule has 2 rings (SSSR count). The Morgan fingerprint density at radius 1 is 1.10 bits per heavy atom. The van der Waals surface area contributed by atoms with Crippen LogP contribution in [0.5, 0.6) is 0 Å². The zero-order valence-corrected chi connectivity index (χ0v) is 12.8. The highest BCUT2D eigenvalue weighted by molar-refractivity contribution is 6.31. The van der Waals surface area contributed by atoms with Crippen molar-refractivity contribution < 1.29 is 0 Å². The first kappa shape index (κ1) is 14.8. The first-order valence-electron chi connectivity index (χ1n) is 6.27. The molecule has 106 valence electrons. The molecule has 1 aromatic heterocycles. The van der Waals surface area contributed by atoms with Gasteiger partial charge in [0, 0.05) is 17.3 Å². The Bertz CT molecular complexity index is 603. The maximum absolute atomic E-state index is 5.98. The number of nitrogens with zero attached hydrogens (tertiary/aromatic N) is 3. The van der Waals surface area contributed by atoms with E-state index in [4.69, 9.17) is 23.2 Å². The highest BCUT2D eigenvalue weighted by Crippen LogP contribution is 2.23. The minimum atomic E-state index is 0.140. The summed E-state index contributed by atoms with van der Waals surface area (Å²) in [4.78, 5) is 12.3. The molecule has 20 heavy (non-hydrogen) atoms. The first-order valence-corrected chi connectivity index (χ1v) is 7.02. The van der Waals surface area contributed by atoms with Crippen LogP contribution in [-0.4, -0.2) is 21.5 Å². The van der Waals surface area contributed by atoms with Gasteiger partial charge < -0.3 is 10.6 Å². The van der Waals surface area contributed by atoms with E-state index in [-0.39, 0.29) is 5.28 Å². The normalized spacial score (nSPS) is 10.4. The first-order chi connectivity index (χ1) is 9.58. The predicted molar refractivity (Wildman–Crippen MR) is 83.1 cm³/mol. The summed E-state index contributed by atoms with van der Waals surface area (Å²) in [6.45, 7) is 4.80. The molecule has 0 atom stereocenters. The number of benzene rings is 1. The lowest BCUT2D eigenvalue weighted by Gasteiger charge is -2.10. The quantitative estimate of drug-likeness (QED) is 0.872. The lowest BCUT2D eigenvalue weighted by Crippen LogP contribution is -2.08. The van der Waals surface area contributed by atoms with Crippen LogP contribution in [-0.2, 0) is 0 Å². The highest BCUT2D eigenvalue weighted by atomic mass is 35.5. The second-order valence-electron chi connectivity index (χ2n) is 4.26. The summed E-state index contributed by atoms with van der Waals surface area (Å²) in [6, 6.07) is 5.56. The summed E-state index contributed by atoms with van der Waals surface area (Å²) in [7, 11) is 0. The summed E-state index contributed by atoms with van der Waals surface area (Å²) in [5.41, 5.74) is 1.87. The Kier molecular flexibility index (Phi) is 4.98. The van der Waals surface area contributed by atoms with E-state index >= 15 is 0 Å². The SMILES string of the molecule is CCCNc1nc(Cl)nc(Nc2cc(Cl)ccc2C)n1. The van der Waals surface area contributed by atoms with Crippen molar-refractivity contribution in [2.24, 2.45) is 0 Å². The van der Waals surface area contributed by atoms with Gasteiger partial charge in [0.1, 0.15) is 0 Å². The number of hydrogen-bond donors (Lipinski definition) is 2. The van der Waals surface area contributed by atoms with Crippen LogP contribution in [0.1, 0.15) is 18.9 Å². The van der Waals surface area contributed by atoms with Crippen LogP contribution in [0, 0.1) is 6.92 Å². The van der Waals surface area contributed by atoms with Crippen LogP contribution >= 0.6 is 23.2 Å². The van der Waals surface area contributed by atoms with E-state index in [0.717, 1.165) is 24.2 Å². The molecule has 1 heterocycles. The molecule has 0 saturated carbocycles. The number of aryl methyl sites for hydroxylation is 1. The Balaban J connectivity index is 2.24. The highest BCUT2D eigenvalue weighted by Gasteiger charge is 2.07. The lowest BCUT2D eigenvalue weighted by molar-refractivity contribution is 0.940. The average Bonchev–Trinajstić information content (AvgIpc) is 2.40. The molecule has 0 saturated heterocycles. The fraction of sp³-hybridized carbons (Fsp3) is 0.308. The minimum Gasteiger partial charge on any atom is -0.354 e. The molecule has 0 spiro atoms. The molecular formula is C13H15Cl2N5. The minimum absolute atomic E-state index is 0.140. The molecule has 0 aliphatic rings. The molecule has 2 aromatic rings. The van der Waals surface area contributed by atoms with Crippen molar-refractivity contribution >= 4 is 40.8 Å². The van der Waals surface area contributed by atoms with Gasteiger partial charge in [-0.05, 0) is 42.6 Å². The van der Waals surface area contributed by atoms with Crippen molar-refractivity contribution in [3.05, 3.63) is 34.1 Å². The standard InChI is InChI=1S/C13H15Cl2N5/c1-3-6-16-12-18-11(15)19-13(20-12)17-10-7-9(14)5-4-8(10)2/h4-5,7H,3,6H2,1-2H3,(H2,16,17,18,19,20). The number of aromatic nitrogens is 3. The van der Waals surface area contributed by atoms with Gasteiger partial charge in [0.25, 0.3) is 0 Å². The van der Waals surface area contributed by atoms with Crippen LogP contribution in [0.3, 0.4) is 0 Å². The summed E-state index contributed by atoms with van der Waals surface area (Å²) in [5, 5.41) is 6.96. The molecule has 2 N–H and O–H groups in total.